The van der Waals surface area contributed by atoms with Crippen molar-refractivity contribution >= 4 is 5.82 Å². The first-order valence-electron chi connectivity index (χ1n) is 6.08. The van der Waals surface area contributed by atoms with E-state index in [1.165, 1.54) is 6.07 Å². The molecule has 0 spiro atoms. The van der Waals surface area contributed by atoms with Gasteiger partial charge in [-0.25, -0.2) is 9.37 Å². The predicted octanol–water partition coefficient (Wildman–Crippen LogP) is 2.46. The lowest BCUT2D eigenvalue weighted by Gasteiger charge is -2.34. The summed E-state index contributed by atoms with van der Waals surface area (Å²) in [5, 5.41) is 0. The van der Waals surface area contributed by atoms with E-state index < -0.39 is 17.9 Å². The first kappa shape index (κ1) is 14.0. The van der Waals surface area contributed by atoms with Crippen LogP contribution < -0.4 is 10.6 Å². The van der Waals surface area contributed by atoms with Gasteiger partial charge >= 0.3 is 6.18 Å². The van der Waals surface area contributed by atoms with E-state index in [1.54, 1.807) is 4.90 Å². The lowest BCUT2D eigenvalue weighted by atomic mass is 9.96. The number of hydrogen-bond acceptors (Lipinski definition) is 3. The van der Waals surface area contributed by atoms with Gasteiger partial charge in [-0.2, -0.15) is 13.2 Å². The molecule has 0 amide bonds. The van der Waals surface area contributed by atoms with Crippen molar-refractivity contribution in [2.75, 3.05) is 18.0 Å². The zero-order chi connectivity index (χ0) is 14.0. The monoisotopic (exact) mass is 277 g/mol. The number of halogens is 4. The average Bonchev–Trinajstić information content (AvgIpc) is 2.37. The van der Waals surface area contributed by atoms with Crippen LogP contribution in [-0.4, -0.2) is 24.2 Å². The highest BCUT2D eigenvalue weighted by atomic mass is 19.4. The minimum absolute atomic E-state index is 0.0343. The zero-order valence-corrected chi connectivity index (χ0v) is 10.3. The summed E-state index contributed by atoms with van der Waals surface area (Å²) in [4.78, 5) is 5.69. The molecule has 0 aromatic carbocycles. The minimum atomic E-state index is -4.14. The molecule has 1 fully saturated rings. The molecule has 1 aromatic rings. The first-order chi connectivity index (χ1) is 8.91. The second kappa shape index (κ2) is 5.32. The Kier molecular flexibility index (Phi) is 3.93. The second-order valence-corrected chi connectivity index (χ2v) is 4.64. The Morgan fingerprint density at radius 3 is 2.47 bits per heavy atom. The van der Waals surface area contributed by atoms with Crippen LogP contribution in [0, 0.1) is 11.7 Å². The maximum absolute atomic E-state index is 13.0. The van der Waals surface area contributed by atoms with Crippen LogP contribution in [0.25, 0.3) is 0 Å². The molecule has 0 saturated carbocycles. The van der Waals surface area contributed by atoms with Gasteiger partial charge < -0.3 is 10.6 Å². The van der Waals surface area contributed by atoms with E-state index in [-0.39, 0.29) is 32.5 Å². The van der Waals surface area contributed by atoms with E-state index in [4.69, 9.17) is 5.73 Å². The number of anilines is 1. The van der Waals surface area contributed by atoms with Gasteiger partial charge in [-0.15, -0.1) is 0 Å². The molecule has 2 N–H and O–H groups in total. The van der Waals surface area contributed by atoms with Gasteiger partial charge in [0.15, 0.2) is 0 Å². The summed E-state index contributed by atoms with van der Waals surface area (Å²) in [5.74, 6) is -1.26. The maximum atomic E-state index is 13.0. The molecule has 2 rings (SSSR count). The largest absolute Gasteiger partial charge is 0.391 e. The number of aromatic nitrogens is 1. The molecule has 1 saturated heterocycles. The lowest BCUT2D eigenvalue weighted by molar-refractivity contribution is -0.179. The lowest BCUT2D eigenvalue weighted by Crippen LogP contribution is -2.39. The average molecular weight is 277 g/mol. The van der Waals surface area contributed by atoms with Crippen molar-refractivity contribution in [3.8, 4) is 0 Å². The predicted molar refractivity (Wildman–Crippen MR) is 63.1 cm³/mol. The molecule has 1 aliphatic heterocycles. The highest BCUT2D eigenvalue weighted by Crippen LogP contribution is 2.35. The van der Waals surface area contributed by atoms with Crippen LogP contribution in [0.15, 0.2) is 12.3 Å². The maximum Gasteiger partial charge on any atom is 0.391 e. The Labute approximate surface area is 108 Å². The number of nitrogens with zero attached hydrogens (tertiary/aromatic N) is 2. The Bertz CT molecular complexity index is 439. The molecule has 0 atom stereocenters. The molecule has 0 radical (unpaired) electrons. The van der Waals surface area contributed by atoms with E-state index in [1.807, 2.05) is 0 Å². The normalized spacial score (nSPS) is 17.8. The second-order valence-electron chi connectivity index (χ2n) is 4.64. The highest BCUT2D eigenvalue weighted by Gasteiger charge is 2.41. The molecule has 0 bridgehead atoms. The number of rotatable bonds is 2. The fourth-order valence-corrected chi connectivity index (χ4v) is 2.33. The fourth-order valence-electron chi connectivity index (χ4n) is 2.33. The Morgan fingerprint density at radius 1 is 1.32 bits per heavy atom. The van der Waals surface area contributed by atoms with Crippen molar-refractivity contribution in [3.05, 3.63) is 23.6 Å². The summed E-state index contributed by atoms with van der Waals surface area (Å²) >= 11 is 0. The van der Waals surface area contributed by atoms with Gasteiger partial charge in [-0.3, -0.25) is 0 Å². The van der Waals surface area contributed by atoms with E-state index in [0.29, 0.717) is 11.4 Å². The van der Waals surface area contributed by atoms with Crippen LogP contribution in [0.1, 0.15) is 18.4 Å². The van der Waals surface area contributed by atoms with Gasteiger partial charge in [0.1, 0.15) is 11.6 Å². The van der Waals surface area contributed by atoms with Crippen molar-refractivity contribution in [2.45, 2.75) is 25.6 Å². The van der Waals surface area contributed by atoms with Gasteiger partial charge in [0.05, 0.1) is 12.1 Å². The third-order valence-electron chi connectivity index (χ3n) is 3.39. The van der Waals surface area contributed by atoms with E-state index in [9.17, 15) is 17.6 Å². The molecule has 0 unspecified atom stereocenters. The van der Waals surface area contributed by atoms with Crippen molar-refractivity contribution in [1.82, 2.24) is 4.98 Å². The summed E-state index contributed by atoms with van der Waals surface area (Å²) in [5.41, 5.74) is 6.03. The SMILES string of the molecule is NCc1cc(F)cnc1N1CCC(C(F)(F)F)CC1. The highest BCUT2D eigenvalue weighted by molar-refractivity contribution is 5.47. The number of pyridine rings is 1. The van der Waals surface area contributed by atoms with Gasteiger partial charge in [-0.1, -0.05) is 0 Å². The molecule has 106 valence electrons. The molecule has 19 heavy (non-hydrogen) atoms. The topological polar surface area (TPSA) is 42.1 Å². The van der Waals surface area contributed by atoms with Crippen molar-refractivity contribution in [3.63, 3.8) is 0 Å². The first-order valence-corrected chi connectivity index (χ1v) is 6.08. The van der Waals surface area contributed by atoms with Gasteiger partial charge in [-0.05, 0) is 18.9 Å². The zero-order valence-electron chi connectivity index (χ0n) is 10.3. The standard InChI is InChI=1S/C12H15F4N3/c13-10-5-8(6-17)11(18-7-10)19-3-1-9(2-4-19)12(14,15)16/h5,7,9H,1-4,6,17H2. The molecular formula is C12H15F4N3. The summed E-state index contributed by atoms with van der Waals surface area (Å²) in [6, 6.07) is 1.28. The summed E-state index contributed by atoms with van der Waals surface area (Å²) in [6.07, 6.45) is -3.01. The summed E-state index contributed by atoms with van der Waals surface area (Å²) in [6.45, 7) is 0.630. The van der Waals surface area contributed by atoms with E-state index >= 15 is 0 Å². The van der Waals surface area contributed by atoms with Crippen LogP contribution in [0.2, 0.25) is 0 Å². The van der Waals surface area contributed by atoms with Crippen LogP contribution in [0.5, 0.6) is 0 Å². The Hall–Kier alpha value is -1.37. The summed E-state index contributed by atoms with van der Waals surface area (Å²) < 4.78 is 50.7. The molecule has 1 aliphatic rings. The van der Waals surface area contributed by atoms with Gasteiger partial charge in [0.2, 0.25) is 0 Å². The molecule has 7 heteroatoms. The van der Waals surface area contributed by atoms with Crippen molar-refractivity contribution in [1.29, 1.82) is 0 Å². The Balaban J connectivity index is 2.10. The van der Waals surface area contributed by atoms with Crippen LogP contribution in [0.4, 0.5) is 23.4 Å². The Morgan fingerprint density at radius 2 is 1.95 bits per heavy atom. The van der Waals surface area contributed by atoms with Gasteiger partial charge in [0, 0.05) is 25.2 Å². The third-order valence-corrected chi connectivity index (χ3v) is 3.39. The minimum Gasteiger partial charge on any atom is -0.356 e. The quantitative estimate of drug-likeness (QED) is 0.844. The van der Waals surface area contributed by atoms with E-state index in [2.05, 4.69) is 4.98 Å². The van der Waals surface area contributed by atoms with Gasteiger partial charge in [0.25, 0.3) is 0 Å². The number of piperidine rings is 1. The molecule has 1 aromatic heterocycles. The van der Waals surface area contributed by atoms with Crippen molar-refractivity contribution in [2.24, 2.45) is 11.7 Å². The molecule has 2 heterocycles. The van der Waals surface area contributed by atoms with Crippen LogP contribution >= 0.6 is 0 Å². The molecule has 0 aliphatic carbocycles. The number of alkyl halides is 3. The third kappa shape index (κ3) is 3.15. The van der Waals surface area contributed by atoms with Crippen LogP contribution in [-0.2, 0) is 6.54 Å². The van der Waals surface area contributed by atoms with Crippen molar-refractivity contribution < 1.29 is 17.6 Å². The molecular weight excluding hydrogens is 262 g/mol. The summed E-state index contributed by atoms with van der Waals surface area (Å²) in [7, 11) is 0. The van der Waals surface area contributed by atoms with Crippen LogP contribution in [0.3, 0.4) is 0 Å². The number of nitrogens with two attached hydrogens (primary N) is 1. The fraction of sp³-hybridized carbons (Fsp3) is 0.583. The molecule has 3 nitrogen and oxygen atoms in total. The smallest absolute Gasteiger partial charge is 0.356 e. The van der Waals surface area contributed by atoms with E-state index in [0.717, 1.165) is 6.20 Å². The number of hydrogen-bond donors (Lipinski definition) is 1.